The first kappa shape index (κ1) is 16.0. The highest BCUT2D eigenvalue weighted by molar-refractivity contribution is 7.80. The van der Waals surface area contributed by atoms with Crippen molar-refractivity contribution in [3.63, 3.8) is 0 Å². The van der Waals surface area contributed by atoms with Gasteiger partial charge in [0.05, 0.1) is 6.04 Å². The number of nitrogens with zero attached hydrogens (tertiary/aromatic N) is 1. The van der Waals surface area contributed by atoms with Gasteiger partial charge in [0.2, 0.25) is 0 Å². The van der Waals surface area contributed by atoms with Gasteiger partial charge < -0.3 is 20.3 Å². The molecular formula is C13H25N3O2S. The molecule has 0 aromatic heterocycles. The maximum atomic E-state index is 12.2. The van der Waals surface area contributed by atoms with Gasteiger partial charge in [-0.25, -0.2) is 4.79 Å². The molecule has 0 saturated carbocycles. The predicted molar refractivity (Wildman–Crippen MR) is 80.2 cm³/mol. The summed E-state index contributed by atoms with van der Waals surface area (Å²) in [6.45, 7) is 7.08. The van der Waals surface area contributed by atoms with Crippen LogP contribution in [0.25, 0.3) is 0 Å². The number of amides is 1. The Morgan fingerprint density at radius 3 is 2.68 bits per heavy atom. The van der Waals surface area contributed by atoms with Gasteiger partial charge in [0.25, 0.3) is 0 Å². The Hall–Kier alpha value is -1.04. The van der Waals surface area contributed by atoms with E-state index in [-0.39, 0.29) is 12.1 Å². The molecule has 0 radical (unpaired) electrons. The number of hydrogen-bond donors (Lipinski definition) is 2. The number of rotatable bonds is 2. The zero-order valence-electron chi connectivity index (χ0n) is 12.3. The second kappa shape index (κ2) is 6.93. The molecule has 6 heteroatoms. The second-order valence-electron chi connectivity index (χ2n) is 5.78. The van der Waals surface area contributed by atoms with Gasteiger partial charge >= 0.3 is 6.09 Å². The predicted octanol–water partition coefficient (Wildman–Crippen LogP) is 1.87. The monoisotopic (exact) mass is 287 g/mol. The van der Waals surface area contributed by atoms with Gasteiger partial charge in [-0.15, -0.1) is 0 Å². The number of piperidine rings is 1. The number of ether oxygens (including phenoxy) is 1. The lowest BCUT2D eigenvalue weighted by atomic mass is 10.0. The fourth-order valence-electron chi connectivity index (χ4n) is 2.07. The van der Waals surface area contributed by atoms with Crippen molar-refractivity contribution in [1.29, 1.82) is 0 Å². The van der Waals surface area contributed by atoms with Crippen molar-refractivity contribution in [2.24, 2.45) is 0 Å². The number of carbonyl (C=O) groups is 1. The summed E-state index contributed by atoms with van der Waals surface area (Å²) in [5.41, 5.74) is -0.452. The van der Waals surface area contributed by atoms with Crippen LogP contribution in [-0.4, -0.2) is 47.9 Å². The minimum Gasteiger partial charge on any atom is -0.444 e. The lowest BCUT2D eigenvalue weighted by Crippen LogP contribution is -2.51. The summed E-state index contributed by atoms with van der Waals surface area (Å²) in [6, 6.07) is 0.148. The van der Waals surface area contributed by atoms with Gasteiger partial charge in [-0.3, -0.25) is 0 Å². The molecule has 1 fully saturated rings. The number of nitrogens with one attached hydrogen (secondary N) is 2. The fourth-order valence-corrected chi connectivity index (χ4v) is 2.16. The zero-order chi connectivity index (χ0) is 14.5. The molecule has 1 heterocycles. The van der Waals surface area contributed by atoms with Crippen LogP contribution in [-0.2, 0) is 4.74 Å². The molecule has 0 unspecified atom stereocenters. The molecule has 1 rings (SSSR count). The van der Waals surface area contributed by atoms with Crippen LogP contribution in [0.5, 0.6) is 0 Å². The summed E-state index contributed by atoms with van der Waals surface area (Å²) in [5.74, 6) is 0. The summed E-state index contributed by atoms with van der Waals surface area (Å²) >= 11 is 5.06. The highest BCUT2D eigenvalue weighted by Gasteiger charge is 2.30. The maximum Gasteiger partial charge on any atom is 0.410 e. The van der Waals surface area contributed by atoms with Crippen molar-refractivity contribution in [2.45, 2.75) is 51.7 Å². The van der Waals surface area contributed by atoms with Gasteiger partial charge in [-0.1, -0.05) is 0 Å². The second-order valence-corrected chi connectivity index (χ2v) is 6.19. The molecule has 1 amide bonds. The van der Waals surface area contributed by atoms with Crippen LogP contribution < -0.4 is 10.6 Å². The molecule has 0 aromatic rings. The Labute approximate surface area is 121 Å². The van der Waals surface area contributed by atoms with E-state index in [0.29, 0.717) is 11.7 Å². The molecule has 5 nitrogen and oxygen atoms in total. The molecule has 0 bridgehead atoms. The van der Waals surface area contributed by atoms with Gasteiger partial charge in [0.15, 0.2) is 5.11 Å². The third-order valence-electron chi connectivity index (χ3n) is 2.98. The first-order valence-corrected chi connectivity index (χ1v) is 7.19. The topological polar surface area (TPSA) is 53.6 Å². The van der Waals surface area contributed by atoms with Gasteiger partial charge in [-0.05, 0) is 52.3 Å². The molecular weight excluding hydrogens is 262 g/mol. The quantitative estimate of drug-likeness (QED) is 0.759. The fraction of sp³-hybridized carbons (Fsp3) is 0.846. The SMILES string of the molecule is CNC(=S)NC[C@@H]1CCCCN1C(=O)OC(C)(C)C. The van der Waals surface area contributed by atoms with E-state index in [2.05, 4.69) is 10.6 Å². The molecule has 2 N–H and O–H groups in total. The Morgan fingerprint density at radius 2 is 2.11 bits per heavy atom. The average Bonchev–Trinajstić information content (AvgIpc) is 2.34. The lowest BCUT2D eigenvalue weighted by Gasteiger charge is -2.37. The van der Waals surface area contributed by atoms with E-state index < -0.39 is 5.60 Å². The standard InChI is InChI=1S/C13H25N3O2S/c1-13(2,3)18-12(17)16-8-6-5-7-10(16)9-15-11(19)14-4/h10H,5-9H2,1-4H3,(H2,14,15,19)/t10-/m0/s1. The van der Waals surface area contributed by atoms with Crippen LogP contribution in [0.3, 0.4) is 0 Å². The van der Waals surface area contributed by atoms with Gasteiger partial charge in [0.1, 0.15) is 5.60 Å². The van der Waals surface area contributed by atoms with Crippen molar-refractivity contribution < 1.29 is 9.53 Å². The summed E-state index contributed by atoms with van der Waals surface area (Å²) < 4.78 is 5.45. The molecule has 0 spiro atoms. The third kappa shape index (κ3) is 5.63. The number of carbonyl (C=O) groups excluding carboxylic acids is 1. The van der Waals surface area contributed by atoms with E-state index in [1.54, 1.807) is 7.05 Å². The van der Waals surface area contributed by atoms with Crippen molar-refractivity contribution >= 4 is 23.4 Å². The van der Waals surface area contributed by atoms with Crippen LogP contribution in [0, 0.1) is 0 Å². The maximum absolute atomic E-state index is 12.2. The Balaban J connectivity index is 2.56. The lowest BCUT2D eigenvalue weighted by molar-refractivity contribution is 0.0104. The van der Waals surface area contributed by atoms with E-state index in [0.717, 1.165) is 25.8 Å². The Kier molecular flexibility index (Phi) is 5.85. The van der Waals surface area contributed by atoms with Crippen LogP contribution >= 0.6 is 12.2 Å². The van der Waals surface area contributed by atoms with Crippen molar-refractivity contribution in [2.75, 3.05) is 20.1 Å². The number of likely N-dealkylation sites (tertiary alicyclic amines) is 1. The first-order valence-electron chi connectivity index (χ1n) is 6.78. The van der Waals surface area contributed by atoms with E-state index in [1.807, 2.05) is 25.7 Å². The van der Waals surface area contributed by atoms with Crippen LogP contribution in [0.1, 0.15) is 40.0 Å². The molecule has 0 aromatic carbocycles. The van der Waals surface area contributed by atoms with E-state index in [4.69, 9.17) is 17.0 Å². The Morgan fingerprint density at radius 1 is 1.42 bits per heavy atom. The normalized spacial score (nSPS) is 19.8. The third-order valence-corrected chi connectivity index (χ3v) is 3.33. The van der Waals surface area contributed by atoms with Crippen molar-refractivity contribution in [3.05, 3.63) is 0 Å². The number of hydrogen-bond acceptors (Lipinski definition) is 3. The smallest absolute Gasteiger partial charge is 0.410 e. The molecule has 19 heavy (non-hydrogen) atoms. The summed E-state index contributed by atoms with van der Waals surface area (Å²) in [6.07, 6.45) is 2.93. The average molecular weight is 287 g/mol. The van der Waals surface area contributed by atoms with Gasteiger partial charge in [0, 0.05) is 20.1 Å². The molecule has 1 aliphatic rings. The van der Waals surface area contributed by atoms with Crippen molar-refractivity contribution in [1.82, 2.24) is 15.5 Å². The molecule has 1 saturated heterocycles. The summed E-state index contributed by atoms with van der Waals surface area (Å²) in [4.78, 5) is 14.0. The zero-order valence-corrected chi connectivity index (χ0v) is 13.1. The van der Waals surface area contributed by atoms with Crippen LogP contribution in [0.15, 0.2) is 0 Å². The van der Waals surface area contributed by atoms with Crippen LogP contribution in [0.2, 0.25) is 0 Å². The molecule has 110 valence electrons. The molecule has 1 aliphatic heterocycles. The first-order chi connectivity index (χ1) is 8.83. The van der Waals surface area contributed by atoms with E-state index >= 15 is 0 Å². The minimum atomic E-state index is -0.452. The largest absolute Gasteiger partial charge is 0.444 e. The summed E-state index contributed by atoms with van der Waals surface area (Å²) in [7, 11) is 1.78. The minimum absolute atomic E-state index is 0.148. The van der Waals surface area contributed by atoms with E-state index in [9.17, 15) is 4.79 Å². The summed E-state index contributed by atoms with van der Waals surface area (Å²) in [5, 5.41) is 6.60. The van der Waals surface area contributed by atoms with Crippen LogP contribution in [0.4, 0.5) is 4.79 Å². The van der Waals surface area contributed by atoms with Gasteiger partial charge in [-0.2, -0.15) is 0 Å². The van der Waals surface area contributed by atoms with Crippen molar-refractivity contribution in [3.8, 4) is 0 Å². The Bertz CT molecular complexity index is 328. The van der Waals surface area contributed by atoms with E-state index in [1.165, 1.54) is 0 Å². The number of thiocarbonyl (C=S) groups is 1. The highest BCUT2D eigenvalue weighted by Crippen LogP contribution is 2.19. The molecule has 1 atom stereocenters. The molecule has 0 aliphatic carbocycles. The highest BCUT2D eigenvalue weighted by atomic mass is 32.1.